The Labute approximate surface area is 120 Å². The topological polar surface area (TPSA) is 82.1 Å². The molecule has 0 aliphatic rings. The van der Waals surface area contributed by atoms with Gasteiger partial charge in [-0.2, -0.15) is 0 Å². The Morgan fingerprint density at radius 2 is 1.40 bits per heavy atom. The fourth-order valence-electron chi connectivity index (χ4n) is 1.72. The van der Waals surface area contributed by atoms with Gasteiger partial charge >= 0.3 is 11.9 Å². The molecule has 0 bridgehead atoms. The first kappa shape index (κ1) is 18.9. The number of carbonyl (C=O) groups excluding carboxylic acids is 1. The smallest absolute Gasteiger partial charge is 0.305 e. The monoisotopic (exact) mass is 290 g/mol. The van der Waals surface area contributed by atoms with Gasteiger partial charge in [0.15, 0.2) is 6.29 Å². The minimum absolute atomic E-state index is 0.112. The van der Waals surface area contributed by atoms with Crippen LogP contribution in [0.15, 0.2) is 0 Å². The standard InChI is InChI=1S/C14H26O6/c1-18-14(19-2)11-20-13(17)10-8-6-4-3-5-7-9-12(15)16/h14H,3-11H2,1-2H3,(H,15,16). The minimum Gasteiger partial charge on any atom is -0.481 e. The molecule has 0 rings (SSSR count). The molecule has 0 heterocycles. The number of unbranched alkanes of at least 4 members (excludes halogenated alkanes) is 5. The van der Waals surface area contributed by atoms with Gasteiger partial charge in [0.05, 0.1) is 0 Å². The summed E-state index contributed by atoms with van der Waals surface area (Å²) in [5.74, 6) is -0.979. The Morgan fingerprint density at radius 3 is 1.90 bits per heavy atom. The predicted octanol–water partition coefficient (Wildman–Crippen LogP) is 2.35. The lowest BCUT2D eigenvalue weighted by Crippen LogP contribution is -2.22. The zero-order valence-electron chi connectivity index (χ0n) is 12.4. The lowest BCUT2D eigenvalue weighted by Gasteiger charge is -2.13. The van der Waals surface area contributed by atoms with Crippen molar-refractivity contribution >= 4 is 11.9 Å². The first-order valence-electron chi connectivity index (χ1n) is 7.03. The van der Waals surface area contributed by atoms with Crippen molar-refractivity contribution in [1.82, 2.24) is 0 Å². The summed E-state index contributed by atoms with van der Waals surface area (Å²) < 4.78 is 14.8. The van der Waals surface area contributed by atoms with Gasteiger partial charge < -0.3 is 19.3 Å². The Bertz CT molecular complexity index is 262. The second-order valence-corrected chi connectivity index (χ2v) is 4.60. The van der Waals surface area contributed by atoms with Crippen molar-refractivity contribution in [2.75, 3.05) is 20.8 Å². The number of esters is 1. The number of hydrogen-bond acceptors (Lipinski definition) is 5. The molecule has 20 heavy (non-hydrogen) atoms. The number of rotatable bonds is 13. The summed E-state index contributed by atoms with van der Waals surface area (Å²) in [7, 11) is 2.98. The molecule has 6 heteroatoms. The maximum absolute atomic E-state index is 11.4. The van der Waals surface area contributed by atoms with Crippen molar-refractivity contribution in [2.24, 2.45) is 0 Å². The van der Waals surface area contributed by atoms with Crippen molar-refractivity contribution in [3.8, 4) is 0 Å². The van der Waals surface area contributed by atoms with Crippen LogP contribution in [0, 0.1) is 0 Å². The average Bonchev–Trinajstić information content (AvgIpc) is 2.42. The van der Waals surface area contributed by atoms with E-state index in [2.05, 4.69) is 0 Å². The Kier molecular flexibility index (Phi) is 12.1. The van der Waals surface area contributed by atoms with E-state index in [0.717, 1.165) is 38.5 Å². The summed E-state index contributed by atoms with van der Waals surface area (Å²) in [6.07, 6.45) is 5.58. The van der Waals surface area contributed by atoms with Crippen LogP contribution in [0.2, 0.25) is 0 Å². The van der Waals surface area contributed by atoms with Gasteiger partial charge in [-0.05, 0) is 12.8 Å². The van der Waals surface area contributed by atoms with Crippen LogP contribution in [0.4, 0.5) is 0 Å². The lowest BCUT2D eigenvalue weighted by atomic mass is 10.1. The molecular formula is C14H26O6. The van der Waals surface area contributed by atoms with Crippen molar-refractivity contribution in [2.45, 2.75) is 57.7 Å². The van der Waals surface area contributed by atoms with Crippen LogP contribution >= 0.6 is 0 Å². The number of carboxylic acids is 1. The summed E-state index contributed by atoms with van der Waals surface area (Å²) in [4.78, 5) is 21.7. The van der Waals surface area contributed by atoms with Crippen LogP contribution in [0.5, 0.6) is 0 Å². The van der Waals surface area contributed by atoms with E-state index in [9.17, 15) is 9.59 Å². The van der Waals surface area contributed by atoms with Gasteiger partial charge in [-0.15, -0.1) is 0 Å². The molecule has 0 spiro atoms. The Balaban J connectivity index is 3.33. The van der Waals surface area contributed by atoms with Gasteiger partial charge in [-0.1, -0.05) is 25.7 Å². The molecule has 0 fully saturated rings. The van der Waals surface area contributed by atoms with Crippen LogP contribution < -0.4 is 0 Å². The van der Waals surface area contributed by atoms with Gasteiger partial charge in [-0.25, -0.2) is 0 Å². The molecule has 0 radical (unpaired) electrons. The van der Waals surface area contributed by atoms with Crippen LogP contribution in [-0.4, -0.2) is 44.2 Å². The number of carboxylic acid groups (broad SMARTS) is 1. The fraction of sp³-hybridized carbons (Fsp3) is 0.857. The van der Waals surface area contributed by atoms with Crippen LogP contribution in [0.1, 0.15) is 51.4 Å². The number of aliphatic carboxylic acids is 1. The predicted molar refractivity (Wildman–Crippen MR) is 73.3 cm³/mol. The second-order valence-electron chi connectivity index (χ2n) is 4.60. The van der Waals surface area contributed by atoms with E-state index >= 15 is 0 Å². The zero-order chi connectivity index (χ0) is 15.2. The van der Waals surface area contributed by atoms with Crippen molar-refractivity contribution < 1.29 is 28.9 Å². The van der Waals surface area contributed by atoms with Gasteiger partial charge in [0.2, 0.25) is 0 Å². The molecule has 0 aromatic rings. The number of hydrogen-bond donors (Lipinski definition) is 1. The van der Waals surface area contributed by atoms with Crippen molar-refractivity contribution in [3.63, 3.8) is 0 Å². The molecular weight excluding hydrogens is 264 g/mol. The lowest BCUT2D eigenvalue weighted by molar-refractivity contribution is -0.166. The first-order valence-corrected chi connectivity index (χ1v) is 7.03. The highest BCUT2D eigenvalue weighted by atomic mass is 16.7. The molecule has 6 nitrogen and oxygen atoms in total. The molecule has 0 atom stereocenters. The van der Waals surface area contributed by atoms with E-state index in [1.165, 1.54) is 14.2 Å². The molecule has 0 unspecified atom stereocenters. The van der Waals surface area contributed by atoms with Crippen molar-refractivity contribution in [3.05, 3.63) is 0 Å². The third-order valence-corrected chi connectivity index (χ3v) is 2.93. The van der Waals surface area contributed by atoms with Crippen LogP contribution in [-0.2, 0) is 23.8 Å². The van der Waals surface area contributed by atoms with Crippen LogP contribution in [0.25, 0.3) is 0 Å². The first-order chi connectivity index (χ1) is 9.60. The normalized spacial score (nSPS) is 10.8. The molecule has 1 N–H and O–H groups in total. The number of carbonyl (C=O) groups is 2. The highest BCUT2D eigenvalue weighted by Crippen LogP contribution is 2.09. The fourth-order valence-corrected chi connectivity index (χ4v) is 1.72. The number of methoxy groups -OCH3 is 2. The Hall–Kier alpha value is -1.14. The third-order valence-electron chi connectivity index (χ3n) is 2.93. The van der Waals surface area contributed by atoms with E-state index in [4.69, 9.17) is 19.3 Å². The summed E-state index contributed by atoms with van der Waals surface area (Å²) in [5.41, 5.74) is 0. The average molecular weight is 290 g/mol. The maximum atomic E-state index is 11.4. The molecule has 0 aliphatic heterocycles. The van der Waals surface area contributed by atoms with E-state index in [1.54, 1.807) is 0 Å². The molecule has 0 aliphatic carbocycles. The quantitative estimate of drug-likeness (QED) is 0.318. The molecule has 0 saturated heterocycles. The van der Waals surface area contributed by atoms with Gasteiger partial charge in [-0.3, -0.25) is 9.59 Å². The minimum atomic E-state index is -0.738. The summed E-state index contributed by atoms with van der Waals surface area (Å²) in [6, 6.07) is 0. The van der Waals surface area contributed by atoms with Crippen molar-refractivity contribution in [1.29, 1.82) is 0 Å². The molecule has 0 aromatic heterocycles. The third kappa shape index (κ3) is 11.9. The molecule has 0 aromatic carbocycles. The maximum Gasteiger partial charge on any atom is 0.305 e. The van der Waals surface area contributed by atoms with Crippen LogP contribution in [0.3, 0.4) is 0 Å². The SMILES string of the molecule is COC(COC(=O)CCCCCCCCC(=O)O)OC. The van der Waals surface area contributed by atoms with Gasteiger partial charge in [0, 0.05) is 27.1 Å². The summed E-state index contributed by atoms with van der Waals surface area (Å²) in [5, 5.41) is 8.47. The molecule has 118 valence electrons. The number of ether oxygens (including phenoxy) is 3. The highest BCUT2D eigenvalue weighted by molar-refractivity contribution is 5.69. The van der Waals surface area contributed by atoms with E-state index in [0.29, 0.717) is 6.42 Å². The van der Waals surface area contributed by atoms with Gasteiger partial charge in [0.25, 0.3) is 0 Å². The second kappa shape index (κ2) is 12.9. The van der Waals surface area contributed by atoms with E-state index < -0.39 is 12.3 Å². The largest absolute Gasteiger partial charge is 0.481 e. The highest BCUT2D eigenvalue weighted by Gasteiger charge is 2.09. The summed E-state index contributed by atoms with van der Waals surface area (Å²) in [6.45, 7) is 0.112. The molecule has 0 saturated carbocycles. The van der Waals surface area contributed by atoms with Gasteiger partial charge in [0.1, 0.15) is 6.61 Å². The van der Waals surface area contributed by atoms with E-state index in [-0.39, 0.29) is 19.0 Å². The zero-order valence-corrected chi connectivity index (χ0v) is 12.4. The summed E-state index contributed by atoms with van der Waals surface area (Å²) >= 11 is 0. The Morgan fingerprint density at radius 1 is 0.900 bits per heavy atom. The molecule has 0 amide bonds. The van der Waals surface area contributed by atoms with E-state index in [1.807, 2.05) is 0 Å².